The molecule has 0 amide bonds. The third kappa shape index (κ3) is 6.95. The van der Waals surface area contributed by atoms with Gasteiger partial charge in [0.15, 0.2) is 6.61 Å². The van der Waals surface area contributed by atoms with E-state index in [1.807, 2.05) is 19.1 Å². The highest BCUT2D eigenvalue weighted by atomic mass is 32.2. The summed E-state index contributed by atoms with van der Waals surface area (Å²) in [4.78, 5) is 11.7. The minimum Gasteiger partial charge on any atom is -0.482 e. The van der Waals surface area contributed by atoms with Gasteiger partial charge in [0.05, 0.1) is 16.9 Å². The van der Waals surface area contributed by atoms with Crippen molar-refractivity contribution in [2.45, 2.75) is 36.6 Å². The Labute approximate surface area is 221 Å². The molecular weight excluding hydrogens is 520 g/mol. The maximum absolute atomic E-state index is 14.2. The molecule has 0 unspecified atom stereocenters. The summed E-state index contributed by atoms with van der Waals surface area (Å²) >= 11 is 1.53. The first kappa shape index (κ1) is 27.3. The summed E-state index contributed by atoms with van der Waals surface area (Å²) in [7, 11) is 0. The Balaban J connectivity index is 1.55. The summed E-state index contributed by atoms with van der Waals surface area (Å²) < 4.78 is 60.0. The topological polar surface area (TPSA) is 64.4 Å². The Hall–Kier alpha value is -3.79. The second-order valence-electron chi connectivity index (χ2n) is 8.58. The summed E-state index contributed by atoms with van der Waals surface area (Å²) in [5, 5.41) is 13.4. The summed E-state index contributed by atoms with van der Waals surface area (Å²) in [6.45, 7) is 1.39. The van der Waals surface area contributed by atoms with Gasteiger partial charge in [0.2, 0.25) is 0 Å². The molecule has 1 aromatic heterocycles. The van der Waals surface area contributed by atoms with Crippen molar-refractivity contribution in [1.29, 1.82) is 0 Å². The predicted octanol–water partition coefficient (Wildman–Crippen LogP) is 6.88. The fourth-order valence-corrected chi connectivity index (χ4v) is 4.83. The van der Waals surface area contributed by atoms with E-state index < -0.39 is 24.3 Å². The average Bonchev–Trinajstić information content (AvgIpc) is 3.29. The normalized spacial score (nSPS) is 11.5. The van der Waals surface area contributed by atoms with Gasteiger partial charge in [-0.25, -0.2) is 13.9 Å². The summed E-state index contributed by atoms with van der Waals surface area (Å²) in [6.07, 6.45) is -1.78. The molecule has 4 aromatic rings. The lowest BCUT2D eigenvalue weighted by molar-refractivity contribution is -0.139. The number of carboxylic acid groups (broad SMARTS) is 1. The highest BCUT2D eigenvalue weighted by Gasteiger charge is 2.30. The molecule has 4 rings (SSSR count). The number of thioether (sulfide) groups is 1. The molecule has 0 saturated carbocycles. The zero-order valence-corrected chi connectivity index (χ0v) is 21.2. The van der Waals surface area contributed by atoms with Gasteiger partial charge in [-0.15, -0.1) is 11.8 Å². The Morgan fingerprint density at radius 3 is 2.42 bits per heavy atom. The van der Waals surface area contributed by atoms with Gasteiger partial charge in [-0.2, -0.15) is 18.3 Å². The number of nitrogens with zero attached hydrogens (tertiary/aromatic N) is 2. The van der Waals surface area contributed by atoms with Crippen molar-refractivity contribution >= 4 is 17.7 Å². The number of alkyl halides is 3. The molecule has 38 heavy (non-hydrogen) atoms. The van der Waals surface area contributed by atoms with Gasteiger partial charge >= 0.3 is 12.1 Å². The number of aliphatic carboxylic acids is 1. The molecular formula is C28H24F4N2O3S. The number of rotatable bonds is 10. The molecule has 1 heterocycles. The van der Waals surface area contributed by atoms with Gasteiger partial charge < -0.3 is 9.84 Å². The lowest BCUT2D eigenvalue weighted by Gasteiger charge is -2.09. The van der Waals surface area contributed by atoms with E-state index in [4.69, 9.17) is 9.84 Å². The zero-order chi connectivity index (χ0) is 27.3. The maximum Gasteiger partial charge on any atom is 0.416 e. The van der Waals surface area contributed by atoms with E-state index in [0.717, 1.165) is 33.8 Å². The minimum atomic E-state index is -4.43. The number of carbonyl (C=O) groups is 1. The second kappa shape index (κ2) is 11.7. The molecule has 0 bridgehead atoms. The number of hydrogen-bond donors (Lipinski definition) is 1. The summed E-state index contributed by atoms with van der Waals surface area (Å²) in [5.74, 6) is -0.360. The number of aromatic nitrogens is 2. The number of benzene rings is 3. The zero-order valence-electron chi connectivity index (χ0n) is 20.3. The Kier molecular flexibility index (Phi) is 8.41. The molecule has 0 saturated heterocycles. The van der Waals surface area contributed by atoms with Gasteiger partial charge in [0.1, 0.15) is 11.6 Å². The Bertz CT molecular complexity index is 1420. The molecule has 0 aliphatic rings. The third-order valence-corrected chi connectivity index (χ3v) is 6.86. The molecule has 0 atom stereocenters. The molecule has 3 aromatic carbocycles. The number of aryl methyl sites for hydroxylation is 3. The summed E-state index contributed by atoms with van der Waals surface area (Å²) in [6, 6.07) is 16.7. The van der Waals surface area contributed by atoms with Crippen LogP contribution >= 0.6 is 11.8 Å². The minimum absolute atomic E-state index is 0.300. The van der Waals surface area contributed by atoms with E-state index in [-0.39, 0.29) is 5.82 Å². The Morgan fingerprint density at radius 1 is 1.03 bits per heavy atom. The quantitative estimate of drug-likeness (QED) is 0.174. The average molecular weight is 545 g/mol. The monoisotopic (exact) mass is 544 g/mol. The molecule has 0 aliphatic carbocycles. The van der Waals surface area contributed by atoms with Crippen LogP contribution in [0.2, 0.25) is 0 Å². The molecule has 0 fully saturated rings. The molecule has 0 radical (unpaired) electrons. The van der Waals surface area contributed by atoms with E-state index >= 15 is 0 Å². The van der Waals surface area contributed by atoms with Crippen molar-refractivity contribution in [2.75, 3.05) is 6.61 Å². The third-order valence-electron chi connectivity index (χ3n) is 5.82. The van der Waals surface area contributed by atoms with Gasteiger partial charge in [0.25, 0.3) is 0 Å². The first-order valence-electron chi connectivity index (χ1n) is 11.7. The Morgan fingerprint density at radius 2 is 1.76 bits per heavy atom. The number of carboxylic acids is 1. The number of halogens is 4. The van der Waals surface area contributed by atoms with Crippen LogP contribution in [0.25, 0.3) is 5.69 Å². The van der Waals surface area contributed by atoms with Crippen LogP contribution in [0.1, 0.15) is 27.9 Å². The standard InChI is InChI=1S/C28H24F4N2O3S/c1-18-14-23(11-13-26(18)37-16-27(35)36)38-17-20-15-34(22-9-7-21(8-10-22)28(30,31)32)33-25(20)12-6-19-4-2-3-5-24(19)29/h2-5,7-11,13-15H,6,12,16-17H2,1H3,(H,35,36). The van der Waals surface area contributed by atoms with Crippen LogP contribution < -0.4 is 4.74 Å². The largest absolute Gasteiger partial charge is 0.482 e. The second-order valence-corrected chi connectivity index (χ2v) is 9.63. The van der Waals surface area contributed by atoms with Crippen molar-refractivity contribution < 1.29 is 32.2 Å². The molecule has 0 spiro atoms. The van der Waals surface area contributed by atoms with Crippen LogP contribution in [0.4, 0.5) is 17.6 Å². The van der Waals surface area contributed by atoms with Crippen LogP contribution in [-0.4, -0.2) is 27.5 Å². The summed E-state index contributed by atoms with van der Waals surface area (Å²) in [5.41, 5.74) is 2.68. The van der Waals surface area contributed by atoms with Crippen molar-refractivity contribution in [2.24, 2.45) is 0 Å². The molecule has 5 nitrogen and oxygen atoms in total. The lowest BCUT2D eigenvalue weighted by Crippen LogP contribution is -2.09. The van der Waals surface area contributed by atoms with Crippen LogP contribution in [0, 0.1) is 12.7 Å². The number of ether oxygens (including phenoxy) is 1. The number of hydrogen-bond acceptors (Lipinski definition) is 4. The van der Waals surface area contributed by atoms with E-state index in [2.05, 4.69) is 5.10 Å². The lowest BCUT2D eigenvalue weighted by atomic mass is 10.1. The van der Waals surface area contributed by atoms with E-state index in [1.54, 1.807) is 35.1 Å². The van der Waals surface area contributed by atoms with Gasteiger partial charge in [-0.1, -0.05) is 18.2 Å². The van der Waals surface area contributed by atoms with Crippen molar-refractivity contribution in [3.8, 4) is 11.4 Å². The SMILES string of the molecule is Cc1cc(SCc2cn(-c3ccc(C(F)(F)F)cc3)nc2CCc2ccccc2F)ccc1OCC(=O)O. The fraction of sp³-hybridized carbons (Fsp3) is 0.214. The molecule has 0 aliphatic heterocycles. The van der Waals surface area contributed by atoms with E-state index in [9.17, 15) is 22.4 Å². The fourth-order valence-electron chi connectivity index (χ4n) is 3.84. The highest BCUT2D eigenvalue weighted by molar-refractivity contribution is 7.98. The van der Waals surface area contributed by atoms with Gasteiger partial charge in [0, 0.05) is 22.4 Å². The van der Waals surface area contributed by atoms with Crippen molar-refractivity contribution in [3.63, 3.8) is 0 Å². The first-order chi connectivity index (χ1) is 18.1. The van der Waals surface area contributed by atoms with E-state index in [0.29, 0.717) is 35.6 Å². The molecule has 198 valence electrons. The highest BCUT2D eigenvalue weighted by Crippen LogP contribution is 2.31. The van der Waals surface area contributed by atoms with E-state index in [1.165, 1.54) is 30.0 Å². The van der Waals surface area contributed by atoms with Gasteiger partial charge in [-0.05, 0) is 79.4 Å². The first-order valence-corrected chi connectivity index (χ1v) is 12.6. The molecule has 10 heteroatoms. The smallest absolute Gasteiger partial charge is 0.416 e. The van der Waals surface area contributed by atoms with Crippen LogP contribution in [0.15, 0.2) is 77.8 Å². The van der Waals surface area contributed by atoms with Crippen molar-refractivity contribution in [1.82, 2.24) is 9.78 Å². The van der Waals surface area contributed by atoms with Crippen molar-refractivity contribution in [3.05, 3.63) is 107 Å². The van der Waals surface area contributed by atoms with Crippen LogP contribution in [-0.2, 0) is 29.6 Å². The predicted molar refractivity (Wildman–Crippen MR) is 136 cm³/mol. The van der Waals surface area contributed by atoms with Crippen LogP contribution in [0.3, 0.4) is 0 Å². The van der Waals surface area contributed by atoms with Crippen LogP contribution in [0.5, 0.6) is 5.75 Å². The molecule has 1 N–H and O–H groups in total. The van der Waals surface area contributed by atoms with Gasteiger partial charge in [-0.3, -0.25) is 0 Å². The maximum atomic E-state index is 14.2.